The van der Waals surface area contributed by atoms with Gasteiger partial charge >= 0.3 is 5.69 Å². The van der Waals surface area contributed by atoms with E-state index in [4.69, 9.17) is 11.6 Å². The van der Waals surface area contributed by atoms with Gasteiger partial charge in [-0.15, -0.1) is 15.3 Å². The maximum absolute atomic E-state index is 12.5. The lowest BCUT2D eigenvalue weighted by Gasteiger charge is -2.05. The predicted octanol–water partition coefficient (Wildman–Crippen LogP) is 1.58. The van der Waals surface area contributed by atoms with Crippen molar-refractivity contribution in [1.29, 1.82) is 0 Å². The molecule has 3 aromatic rings. The van der Waals surface area contributed by atoms with Gasteiger partial charge in [-0.25, -0.2) is 9.48 Å². The van der Waals surface area contributed by atoms with E-state index in [-0.39, 0.29) is 12.2 Å². The van der Waals surface area contributed by atoms with Gasteiger partial charge in [-0.3, -0.25) is 9.55 Å². The number of hydrogen-bond acceptors (Lipinski definition) is 5. The average molecular weight is 346 g/mol. The fourth-order valence-corrected chi connectivity index (χ4v) is 2.90. The van der Waals surface area contributed by atoms with Gasteiger partial charge in [0.15, 0.2) is 11.6 Å². The number of nitrogens with zero attached hydrogens (tertiary/aromatic N) is 7. The third-order valence-electron chi connectivity index (χ3n) is 4.14. The SMILES string of the molecule is Cc1nnc(Cn2nc(-c3ccc(Cl)cn3)n(C)c2=O)n1C1CC1. The van der Waals surface area contributed by atoms with Crippen molar-refractivity contribution in [1.82, 2.24) is 34.1 Å². The summed E-state index contributed by atoms with van der Waals surface area (Å²) in [6, 6.07) is 3.91. The average Bonchev–Trinajstić information content (AvgIpc) is 3.29. The Morgan fingerprint density at radius 1 is 1.29 bits per heavy atom. The van der Waals surface area contributed by atoms with Crippen LogP contribution in [0.15, 0.2) is 23.1 Å². The molecule has 1 saturated carbocycles. The minimum absolute atomic E-state index is 0.218. The Morgan fingerprint density at radius 2 is 2.08 bits per heavy atom. The number of hydrogen-bond donors (Lipinski definition) is 0. The number of rotatable bonds is 4. The Kier molecular flexibility index (Phi) is 3.49. The Hall–Kier alpha value is -2.48. The Bertz CT molecular complexity index is 949. The molecule has 4 rings (SSSR count). The molecule has 0 N–H and O–H groups in total. The van der Waals surface area contributed by atoms with Crippen LogP contribution >= 0.6 is 11.6 Å². The molecule has 0 aromatic carbocycles. The monoisotopic (exact) mass is 345 g/mol. The van der Waals surface area contributed by atoms with E-state index in [1.165, 1.54) is 15.4 Å². The van der Waals surface area contributed by atoms with Crippen LogP contribution in [0.3, 0.4) is 0 Å². The molecule has 0 spiro atoms. The summed E-state index contributed by atoms with van der Waals surface area (Å²) in [6.07, 6.45) is 3.79. The van der Waals surface area contributed by atoms with Gasteiger partial charge in [0.25, 0.3) is 0 Å². The maximum Gasteiger partial charge on any atom is 0.346 e. The zero-order valence-electron chi connectivity index (χ0n) is 13.3. The largest absolute Gasteiger partial charge is 0.346 e. The second-order valence-electron chi connectivity index (χ2n) is 5.95. The Labute approximate surface area is 142 Å². The van der Waals surface area contributed by atoms with Gasteiger partial charge in [-0.05, 0) is 31.9 Å². The molecule has 0 atom stereocenters. The lowest BCUT2D eigenvalue weighted by atomic mass is 10.3. The number of pyridine rings is 1. The minimum Gasteiger partial charge on any atom is -0.311 e. The van der Waals surface area contributed by atoms with Crippen molar-refractivity contribution in [2.75, 3.05) is 0 Å². The van der Waals surface area contributed by atoms with E-state index in [0.717, 1.165) is 24.5 Å². The summed E-state index contributed by atoms with van der Waals surface area (Å²) in [7, 11) is 1.67. The van der Waals surface area contributed by atoms with E-state index < -0.39 is 0 Å². The molecule has 0 radical (unpaired) electrons. The molecular weight excluding hydrogens is 330 g/mol. The van der Waals surface area contributed by atoms with Gasteiger partial charge in [0, 0.05) is 19.3 Å². The van der Waals surface area contributed by atoms with Gasteiger partial charge in [0.1, 0.15) is 18.1 Å². The Morgan fingerprint density at radius 3 is 2.75 bits per heavy atom. The molecule has 1 fully saturated rings. The summed E-state index contributed by atoms with van der Waals surface area (Å²) in [6.45, 7) is 2.22. The third kappa shape index (κ3) is 2.52. The van der Waals surface area contributed by atoms with E-state index in [1.807, 2.05) is 6.92 Å². The summed E-state index contributed by atoms with van der Waals surface area (Å²) in [5.74, 6) is 2.12. The smallest absolute Gasteiger partial charge is 0.311 e. The van der Waals surface area contributed by atoms with Crippen molar-refractivity contribution in [2.45, 2.75) is 32.4 Å². The zero-order chi connectivity index (χ0) is 16.8. The molecule has 3 aromatic heterocycles. The molecule has 1 aliphatic carbocycles. The van der Waals surface area contributed by atoms with Crippen LogP contribution in [0.2, 0.25) is 5.02 Å². The lowest BCUT2D eigenvalue weighted by Crippen LogP contribution is -2.25. The minimum atomic E-state index is -0.218. The van der Waals surface area contributed by atoms with Crippen molar-refractivity contribution in [2.24, 2.45) is 7.05 Å². The second kappa shape index (κ2) is 5.55. The van der Waals surface area contributed by atoms with Gasteiger partial charge in [0.2, 0.25) is 0 Å². The van der Waals surface area contributed by atoms with E-state index in [1.54, 1.807) is 19.2 Å². The first-order valence-corrected chi connectivity index (χ1v) is 8.08. The van der Waals surface area contributed by atoms with Crippen molar-refractivity contribution in [3.8, 4) is 11.5 Å². The van der Waals surface area contributed by atoms with Crippen LogP contribution < -0.4 is 5.69 Å². The quantitative estimate of drug-likeness (QED) is 0.717. The Balaban J connectivity index is 1.71. The van der Waals surface area contributed by atoms with Crippen LogP contribution in [0.1, 0.15) is 30.5 Å². The fourth-order valence-electron chi connectivity index (χ4n) is 2.78. The zero-order valence-corrected chi connectivity index (χ0v) is 14.1. The van der Waals surface area contributed by atoms with Gasteiger partial charge < -0.3 is 4.57 Å². The molecule has 0 unspecified atom stereocenters. The second-order valence-corrected chi connectivity index (χ2v) is 6.39. The van der Waals surface area contributed by atoms with Crippen molar-refractivity contribution >= 4 is 11.6 Å². The van der Waals surface area contributed by atoms with Crippen molar-refractivity contribution in [3.05, 3.63) is 45.5 Å². The highest BCUT2D eigenvalue weighted by molar-refractivity contribution is 6.30. The number of halogens is 1. The molecule has 3 heterocycles. The topological polar surface area (TPSA) is 83.4 Å². The molecular formula is C15H16ClN7O. The van der Waals surface area contributed by atoms with Crippen LogP contribution in [-0.4, -0.2) is 34.1 Å². The fraction of sp³-hybridized carbons (Fsp3) is 0.400. The van der Waals surface area contributed by atoms with Gasteiger partial charge in [-0.2, -0.15) is 0 Å². The number of aryl methyl sites for hydroxylation is 1. The van der Waals surface area contributed by atoms with Crippen LogP contribution in [-0.2, 0) is 13.6 Å². The lowest BCUT2D eigenvalue weighted by molar-refractivity contribution is 0.575. The van der Waals surface area contributed by atoms with Crippen LogP contribution in [0, 0.1) is 6.92 Å². The van der Waals surface area contributed by atoms with Gasteiger partial charge in [0.05, 0.1) is 5.02 Å². The maximum atomic E-state index is 12.5. The van der Waals surface area contributed by atoms with E-state index in [9.17, 15) is 4.79 Å². The van der Waals surface area contributed by atoms with Crippen LogP contribution in [0.5, 0.6) is 0 Å². The molecule has 1 aliphatic rings. The van der Waals surface area contributed by atoms with E-state index in [0.29, 0.717) is 22.6 Å². The third-order valence-corrected chi connectivity index (χ3v) is 4.36. The number of aromatic nitrogens is 7. The highest BCUT2D eigenvalue weighted by Gasteiger charge is 2.28. The first-order valence-electron chi connectivity index (χ1n) is 7.70. The molecule has 9 heteroatoms. The van der Waals surface area contributed by atoms with Crippen LogP contribution in [0.4, 0.5) is 0 Å². The van der Waals surface area contributed by atoms with E-state index in [2.05, 4.69) is 24.8 Å². The van der Waals surface area contributed by atoms with Crippen molar-refractivity contribution < 1.29 is 0 Å². The normalized spacial score (nSPS) is 14.3. The summed E-state index contributed by atoms with van der Waals surface area (Å²) in [4.78, 5) is 16.7. The predicted molar refractivity (Wildman–Crippen MR) is 87.8 cm³/mol. The molecule has 24 heavy (non-hydrogen) atoms. The molecule has 124 valence electrons. The molecule has 0 bridgehead atoms. The first-order chi connectivity index (χ1) is 11.5. The van der Waals surface area contributed by atoms with E-state index >= 15 is 0 Å². The van der Waals surface area contributed by atoms with Gasteiger partial charge in [-0.1, -0.05) is 11.6 Å². The molecule has 8 nitrogen and oxygen atoms in total. The highest BCUT2D eigenvalue weighted by Crippen LogP contribution is 2.36. The summed E-state index contributed by atoms with van der Waals surface area (Å²) < 4.78 is 4.97. The van der Waals surface area contributed by atoms with Crippen LogP contribution in [0.25, 0.3) is 11.5 Å². The summed E-state index contributed by atoms with van der Waals surface area (Å²) in [5, 5.41) is 13.3. The first kappa shape index (κ1) is 15.1. The summed E-state index contributed by atoms with van der Waals surface area (Å²) in [5.41, 5.74) is 0.377. The summed E-state index contributed by atoms with van der Waals surface area (Å²) >= 11 is 5.86. The standard InChI is InChI=1S/C15H16ClN7O/c1-9-18-19-13(23(9)11-4-5-11)8-22-15(24)21(2)14(20-22)12-6-3-10(16)7-17-12/h3,6-7,11H,4-5,8H2,1-2H3. The molecule has 0 aliphatic heterocycles. The molecule has 0 saturated heterocycles. The molecule has 0 amide bonds. The highest BCUT2D eigenvalue weighted by atomic mass is 35.5. The van der Waals surface area contributed by atoms with Crippen molar-refractivity contribution in [3.63, 3.8) is 0 Å².